The number of carbonyl (C=O) groups excluding carboxylic acids is 2. The minimum absolute atomic E-state index is 0.00978. The third-order valence-corrected chi connectivity index (χ3v) is 7.64. The van der Waals surface area contributed by atoms with Gasteiger partial charge in [-0.15, -0.1) is 0 Å². The fourth-order valence-corrected chi connectivity index (χ4v) is 5.69. The number of aromatic amines is 1. The number of carbonyl (C=O) groups is 2. The maximum absolute atomic E-state index is 14.6. The molecule has 0 radical (unpaired) electrons. The van der Waals surface area contributed by atoms with Gasteiger partial charge in [0.2, 0.25) is 5.91 Å². The first kappa shape index (κ1) is 25.0. The number of hydrogen-bond acceptors (Lipinski definition) is 6. The molecule has 1 aromatic carbocycles. The van der Waals surface area contributed by atoms with Crippen LogP contribution in [0.25, 0.3) is 11.3 Å². The van der Waals surface area contributed by atoms with Gasteiger partial charge in [0, 0.05) is 48.9 Å². The third kappa shape index (κ3) is 4.71. The van der Waals surface area contributed by atoms with Crippen molar-refractivity contribution in [2.45, 2.75) is 25.2 Å². The van der Waals surface area contributed by atoms with Crippen molar-refractivity contribution >= 4 is 23.2 Å². The van der Waals surface area contributed by atoms with Crippen molar-refractivity contribution in [3.63, 3.8) is 0 Å². The minimum atomic E-state index is -0.519. The Morgan fingerprint density at radius 3 is 3.03 bits per heavy atom. The molecule has 39 heavy (non-hydrogen) atoms. The number of aromatic nitrogens is 2. The predicted octanol–water partition coefficient (Wildman–Crippen LogP) is 4.37. The largest absolute Gasteiger partial charge is 0.492 e. The number of H-pyrrole nitrogens is 1. The van der Waals surface area contributed by atoms with Gasteiger partial charge in [-0.1, -0.05) is 12.1 Å². The van der Waals surface area contributed by atoms with Crippen LogP contribution in [0.4, 0.5) is 15.8 Å². The number of piperidine rings is 1. The van der Waals surface area contributed by atoms with E-state index in [9.17, 15) is 14.0 Å². The normalized spacial score (nSPS) is 20.7. The maximum Gasteiger partial charge on any atom is 0.255 e. The van der Waals surface area contributed by atoms with E-state index >= 15 is 0 Å². The van der Waals surface area contributed by atoms with E-state index in [1.807, 2.05) is 17.0 Å². The predicted molar refractivity (Wildman–Crippen MR) is 144 cm³/mol. The standard InChI is InChI=1S/C29H30FN5O4/c1-38-28-20(30)7-3-8-21(28)33-27-24-25-18(13-32-29(24)37)6-2-9-23(36)35-12-4-5-17(15-35)16-39-22-14-31-11-10-19(22)26(27)34-25/h2-3,7-11,14,17-18,33-34H,4-6,12-13,15-16H2,1H3,(H,32,37). The number of halogens is 1. The van der Waals surface area contributed by atoms with E-state index in [0.29, 0.717) is 54.5 Å². The summed E-state index contributed by atoms with van der Waals surface area (Å²) in [6.07, 6.45) is 9.30. The van der Waals surface area contributed by atoms with Crippen molar-refractivity contribution in [3.8, 4) is 22.8 Å². The number of fused-ring (bicyclic) bond motifs is 5. The molecule has 2 amide bonds. The molecule has 2 aromatic heterocycles. The van der Waals surface area contributed by atoms with Crippen LogP contribution in [0, 0.1) is 11.7 Å². The summed E-state index contributed by atoms with van der Waals surface area (Å²) in [5.74, 6) is -0.0908. The highest BCUT2D eigenvalue weighted by Gasteiger charge is 2.34. The Bertz CT molecular complexity index is 1450. The molecule has 0 aliphatic carbocycles. The van der Waals surface area contributed by atoms with E-state index in [2.05, 4.69) is 20.6 Å². The van der Waals surface area contributed by atoms with Crippen LogP contribution in [-0.4, -0.2) is 60.0 Å². The molecular weight excluding hydrogens is 501 g/mol. The van der Waals surface area contributed by atoms with Crippen molar-refractivity contribution in [3.05, 3.63) is 65.9 Å². The lowest BCUT2D eigenvalue weighted by Crippen LogP contribution is -2.40. The molecule has 9 nitrogen and oxygen atoms in total. The average molecular weight is 532 g/mol. The number of hydrogen-bond donors (Lipinski definition) is 3. The summed E-state index contributed by atoms with van der Waals surface area (Å²) in [4.78, 5) is 35.9. The van der Waals surface area contributed by atoms with Crippen LogP contribution >= 0.6 is 0 Å². The summed E-state index contributed by atoms with van der Waals surface area (Å²) in [5.41, 5.74) is 3.39. The molecule has 1 saturated heterocycles. The SMILES string of the molecule is COc1c(F)cccc1Nc1c2[nH]c3c1C(=O)NCC3CC=CC(=O)N1CCCC(COc3cnccc3-2)C1. The van der Waals surface area contributed by atoms with Crippen LogP contribution < -0.4 is 20.1 Å². The summed E-state index contributed by atoms with van der Waals surface area (Å²) in [5, 5.41) is 6.26. The molecule has 5 heterocycles. The lowest BCUT2D eigenvalue weighted by Gasteiger charge is -2.32. The number of nitrogens with zero attached hydrogens (tertiary/aromatic N) is 2. The summed E-state index contributed by atoms with van der Waals surface area (Å²) in [6.45, 7) is 2.22. The van der Waals surface area contributed by atoms with Gasteiger partial charge in [-0.25, -0.2) is 4.39 Å². The number of allylic oxidation sites excluding steroid dienone is 1. The van der Waals surface area contributed by atoms with Gasteiger partial charge in [-0.2, -0.15) is 0 Å². The zero-order valence-electron chi connectivity index (χ0n) is 21.6. The number of rotatable bonds is 3. The Balaban J connectivity index is 1.51. The number of benzene rings is 1. The van der Waals surface area contributed by atoms with Crippen molar-refractivity contribution in [2.24, 2.45) is 5.92 Å². The summed E-state index contributed by atoms with van der Waals surface area (Å²) in [6, 6.07) is 6.43. The first-order valence-corrected chi connectivity index (χ1v) is 13.2. The van der Waals surface area contributed by atoms with Crippen LogP contribution in [0.1, 0.15) is 41.2 Å². The summed E-state index contributed by atoms with van der Waals surface area (Å²) < 4.78 is 26.2. The van der Waals surface area contributed by atoms with E-state index in [-0.39, 0.29) is 29.4 Å². The van der Waals surface area contributed by atoms with Crippen molar-refractivity contribution in [1.82, 2.24) is 20.2 Å². The number of para-hydroxylation sites is 1. The van der Waals surface area contributed by atoms with E-state index in [4.69, 9.17) is 9.47 Å². The molecule has 3 N–H and O–H groups in total. The van der Waals surface area contributed by atoms with Gasteiger partial charge in [-0.05, 0) is 43.5 Å². The van der Waals surface area contributed by atoms with Crippen LogP contribution in [0.3, 0.4) is 0 Å². The number of nitrogens with one attached hydrogen (secondary N) is 3. The van der Waals surface area contributed by atoms with Crippen molar-refractivity contribution < 1.29 is 23.5 Å². The van der Waals surface area contributed by atoms with Crippen molar-refractivity contribution in [2.75, 3.05) is 38.7 Å². The van der Waals surface area contributed by atoms with Gasteiger partial charge in [-0.3, -0.25) is 14.6 Å². The zero-order chi connectivity index (χ0) is 26.9. The van der Waals surface area contributed by atoms with E-state index in [1.54, 1.807) is 30.6 Å². The molecular formula is C29H30FN5O4. The topological polar surface area (TPSA) is 109 Å². The highest BCUT2D eigenvalue weighted by molar-refractivity contribution is 6.07. The molecule has 3 aliphatic rings. The van der Waals surface area contributed by atoms with Crippen molar-refractivity contribution in [1.29, 1.82) is 0 Å². The van der Waals surface area contributed by atoms with Crippen LogP contribution in [-0.2, 0) is 4.79 Å². The molecule has 2 unspecified atom stereocenters. The first-order valence-electron chi connectivity index (χ1n) is 13.2. The smallest absolute Gasteiger partial charge is 0.255 e. The lowest BCUT2D eigenvalue weighted by atomic mass is 9.93. The molecule has 0 saturated carbocycles. The summed E-state index contributed by atoms with van der Waals surface area (Å²) >= 11 is 0. The Morgan fingerprint density at radius 2 is 2.15 bits per heavy atom. The van der Waals surface area contributed by atoms with Gasteiger partial charge < -0.3 is 30.0 Å². The molecule has 2 atom stereocenters. The maximum atomic E-state index is 14.6. The average Bonchev–Trinajstić information content (AvgIpc) is 3.33. The van der Waals surface area contributed by atoms with Crippen LogP contribution in [0.2, 0.25) is 0 Å². The van der Waals surface area contributed by atoms with Gasteiger partial charge in [0.25, 0.3) is 5.91 Å². The van der Waals surface area contributed by atoms with E-state index < -0.39 is 5.82 Å². The van der Waals surface area contributed by atoms with Gasteiger partial charge in [0.05, 0.1) is 42.5 Å². The molecule has 3 aliphatic heterocycles. The lowest BCUT2D eigenvalue weighted by molar-refractivity contribution is -0.128. The first-order chi connectivity index (χ1) is 19.0. The molecule has 6 rings (SSSR count). The molecule has 202 valence electrons. The summed E-state index contributed by atoms with van der Waals surface area (Å²) in [7, 11) is 1.40. The quantitative estimate of drug-likeness (QED) is 0.463. The Morgan fingerprint density at radius 1 is 1.26 bits per heavy atom. The number of ether oxygens (including phenoxy) is 2. The number of methoxy groups -OCH3 is 1. The Labute approximate surface area is 225 Å². The Hall–Kier alpha value is -4.34. The van der Waals surface area contributed by atoms with Gasteiger partial charge >= 0.3 is 0 Å². The van der Waals surface area contributed by atoms with E-state index in [1.165, 1.54) is 13.2 Å². The molecule has 10 heteroatoms. The van der Waals surface area contributed by atoms with E-state index in [0.717, 1.165) is 30.6 Å². The second-order valence-electron chi connectivity index (χ2n) is 10.1. The molecule has 3 aromatic rings. The van der Waals surface area contributed by atoms with Gasteiger partial charge in [0.1, 0.15) is 5.75 Å². The second-order valence-corrected chi connectivity index (χ2v) is 10.1. The highest BCUT2D eigenvalue weighted by atomic mass is 19.1. The second kappa shape index (κ2) is 10.4. The molecule has 1 fully saturated rings. The minimum Gasteiger partial charge on any atom is -0.492 e. The monoisotopic (exact) mass is 531 g/mol. The van der Waals surface area contributed by atoms with Crippen LogP contribution in [0.15, 0.2) is 48.8 Å². The molecule has 0 spiro atoms. The third-order valence-electron chi connectivity index (χ3n) is 7.64. The van der Waals surface area contributed by atoms with Crippen LogP contribution in [0.5, 0.6) is 11.5 Å². The molecule has 4 bridgehead atoms. The fraction of sp³-hybridized carbons (Fsp3) is 0.345. The van der Waals surface area contributed by atoms with Gasteiger partial charge in [0.15, 0.2) is 11.6 Å². The number of anilines is 2. The number of amides is 2. The Kier molecular flexibility index (Phi) is 6.68. The zero-order valence-corrected chi connectivity index (χ0v) is 21.6. The number of pyridine rings is 1. The highest BCUT2D eigenvalue weighted by Crippen LogP contribution is 2.44. The fourth-order valence-electron chi connectivity index (χ4n) is 5.69.